The molecule has 1 fully saturated rings. The van der Waals surface area contributed by atoms with Crippen LogP contribution in [0, 0.1) is 23.7 Å². The van der Waals surface area contributed by atoms with Crippen molar-refractivity contribution in [2.24, 2.45) is 35.1 Å². The number of aromatic nitrogens is 1. The number of hydrogen-bond donors (Lipinski definition) is 10. The Morgan fingerprint density at radius 2 is 1.41 bits per heavy atom. The number of unbranched alkanes of at least 4 members (excludes halogenated alkanes) is 1. The summed E-state index contributed by atoms with van der Waals surface area (Å²) in [4.78, 5) is 143. The number of ether oxygens (including phenoxy) is 4. The molecule has 11 amide bonds. The van der Waals surface area contributed by atoms with Gasteiger partial charge in [0.25, 0.3) is 0 Å². The Labute approximate surface area is 557 Å². The number of hydrogen-bond acceptors (Lipinski definition) is 17. The summed E-state index contributed by atoms with van der Waals surface area (Å²) in [7, 11) is 5.85. The lowest BCUT2D eigenvalue weighted by Gasteiger charge is -2.41. The maximum atomic E-state index is 14.7. The van der Waals surface area contributed by atoms with Gasteiger partial charge in [0, 0.05) is 51.6 Å². The van der Waals surface area contributed by atoms with Crippen molar-refractivity contribution in [3.8, 4) is 0 Å². The average molecular weight is 1330 g/mol. The number of amides is 11. The molecule has 1 aliphatic rings. The lowest BCUT2D eigenvalue weighted by molar-refractivity contribution is -0.148. The van der Waals surface area contributed by atoms with Crippen molar-refractivity contribution in [1.82, 2.24) is 52.0 Å². The number of methoxy groups -OCH3 is 3. The summed E-state index contributed by atoms with van der Waals surface area (Å²) in [6.45, 7) is 16.3. The minimum Gasteiger partial charge on any atom is -0.453 e. The molecule has 27 nitrogen and oxygen atoms in total. The molecule has 3 aromatic rings. The monoisotopic (exact) mass is 1330 g/mol. The van der Waals surface area contributed by atoms with Crippen LogP contribution in [0.4, 0.5) is 20.1 Å². The first-order valence-electron chi connectivity index (χ1n) is 32.3. The van der Waals surface area contributed by atoms with Crippen molar-refractivity contribution in [2.75, 3.05) is 53.3 Å². The Balaban J connectivity index is 1.38. The number of thiazole rings is 1. The topological polar surface area (TPSA) is 375 Å². The van der Waals surface area contributed by atoms with Crippen molar-refractivity contribution in [3.63, 3.8) is 0 Å². The second-order valence-electron chi connectivity index (χ2n) is 25.1. The van der Waals surface area contributed by atoms with Crippen LogP contribution >= 0.6 is 11.3 Å². The number of nitrogens with zero attached hydrogens (tertiary/aromatic N) is 3. The van der Waals surface area contributed by atoms with Crippen LogP contribution in [-0.4, -0.2) is 176 Å². The third kappa shape index (κ3) is 24.1. The van der Waals surface area contributed by atoms with Gasteiger partial charge in [0.2, 0.25) is 41.4 Å². The number of nitrogens with one attached hydrogen (secondary N) is 8. The van der Waals surface area contributed by atoms with Crippen molar-refractivity contribution in [2.45, 2.75) is 193 Å². The fraction of sp³-hybridized carbons (Fsp3) is 0.621. The van der Waals surface area contributed by atoms with Crippen molar-refractivity contribution in [1.29, 1.82) is 0 Å². The maximum Gasteiger partial charge on any atom is 0.408 e. The van der Waals surface area contributed by atoms with Gasteiger partial charge in [-0.3, -0.25) is 33.6 Å². The Morgan fingerprint density at radius 1 is 0.755 bits per heavy atom. The molecule has 522 valence electrons. The standard InChI is InChI=1S/C66H103N13O14S/c1-14-41(6)54(50(90-11)37-51(80)79-34-21-26-49(79)55(91-12)42(7)56(81)73-48(60-69-33-35-94-60)36-43-22-16-15-17-23-43)78(10)61(85)53(40(4)5)76-62(86)66(8,9)77-65(89)93-38-44-27-29-45(30-28-44)71-57(82)46(25-20-32-70-63(68)87)72-59(84)52(39(2)3)75-58(83)47(24-18-19-31-67)74-64(88)92-13/h15-17,22-23,27-30,33,35,39-42,46-50,52-55H,14,18-21,24-26,31-32,34,36-38,67H2,1-13H3,(H,71,82)(H,72,84)(H,73,81)(H,74,88)(H,75,83)(H,76,86)(H,77,89)(H3,68,70,87)/t41-,42+,46-,47-,48-,49-,50+,52-,53-,54-,55+/m0/s1. The largest absolute Gasteiger partial charge is 0.453 e. The second-order valence-corrected chi connectivity index (χ2v) is 26.0. The smallest absolute Gasteiger partial charge is 0.408 e. The molecule has 1 saturated heterocycles. The van der Waals surface area contributed by atoms with Crippen LogP contribution in [0.3, 0.4) is 0 Å². The fourth-order valence-electron chi connectivity index (χ4n) is 11.3. The zero-order valence-electron chi connectivity index (χ0n) is 56.9. The molecule has 0 saturated carbocycles. The summed E-state index contributed by atoms with van der Waals surface area (Å²) >= 11 is 1.47. The molecule has 12 N–H and O–H groups in total. The number of benzene rings is 2. The Hall–Kier alpha value is -7.95. The Kier molecular flexibility index (Phi) is 32.6. The number of nitrogens with two attached hydrogens (primary N) is 2. The molecule has 0 spiro atoms. The van der Waals surface area contributed by atoms with Crippen LogP contribution in [0.25, 0.3) is 0 Å². The van der Waals surface area contributed by atoms with Crippen molar-refractivity contribution >= 4 is 76.6 Å². The molecular formula is C66H103N13O14S. The van der Waals surface area contributed by atoms with Gasteiger partial charge in [0.05, 0.1) is 49.8 Å². The quantitative estimate of drug-likeness (QED) is 0.0331. The molecule has 11 atom stereocenters. The van der Waals surface area contributed by atoms with Gasteiger partial charge in [-0.2, -0.15) is 0 Å². The van der Waals surface area contributed by atoms with E-state index in [1.54, 1.807) is 82.1 Å². The highest BCUT2D eigenvalue weighted by molar-refractivity contribution is 7.09. The van der Waals surface area contributed by atoms with Gasteiger partial charge in [-0.25, -0.2) is 19.4 Å². The van der Waals surface area contributed by atoms with E-state index in [9.17, 15) is 47.9 Å². The number of carbonyl (C=O) groups is 10. The summed E-state index contributed by atoms with van der Waals surface area (Å²) in [6, 6.07) is 9.57. The number of rotatable bonds is 38. The first-order valence-corrected chi connectivity index (χ1v) is 33.2. The zero-order chi connectivity index (χ0) is 69.8. The molecule has 0 radical (unpaired) electrons. The molecule has 2 heterocycles. The van der Waals surface area contributed by atoms with Crippen LogP contribution < -0.4 is 54.0 Å². The molecule has 0 bridgehead atoms. The molecule has 0 unspecified atom stereocenters. The van der Waals surface area contributed by atoms with E-state index in [-0.39, 0.29) is 62.6 Å². The molecule has 0 aliphatic carbocycles. The van der Waals surface area contributed by atoms with E-state index in [1.165, 1.54) is 32.3 Å². The lowest BCUT2D eigenvalue weighted by Crippen LogP contribution is -2.62. The molecule has 2 aromatic carbocycles. The van der Waals surface area contributed by atoms with Crippen molar-refractivity contribution in [3.05, 3.63) is 82.3 Å². The van der Waals surface area contributed by atoms with E-state index in [0.717, 1.165) is 17.7 Å². The molecule has 1 aromatic heterocycles. The summed E-state index contributed by atoms with van der Waals surface area (Å²) in [6.07, 6.45) is 2.54. The highest BCUT2D eigenvalue weighted by Crippen LogP contribution is 2.31. The van der Waals surface area contributed by atoms with Gasteiger partial charge in [-0.1, -0.05) is 97.4 Å². The molecule has 94 heavy (non-hydrogen) atoms. The summed E-state index contributed by atoms with van der Waals surface area (Å²) in [5.41, 5.74) is 11.1. The highest BCUT2D eigenvalue weighted by atomic mass is 32.1. The number of likely N-dealkylation sites (N-methyl/N-ethyl adjacent to an activating group) is 1. The normalized spacial score (nSPS) is 16.3. The first-order chi connectivity index (χ1) is 44.6. The zero-order valence-corrected chi connectivity index (χ0v) is 57.7. The fourth-order valence-corrected chi connectivity index (χ4v) is 12.0. The number of urea groups is 1. The average Bonchev–Trinajstić information content (AvgIpc) is 1.39. The Morgan fingerprint density at radius 3 is 2.00 bits per heavy atom. The maximum absolute atomic E-state index is 14.7. The number of likely N-dealkylation sites (tertiary alicyclic amines) is 1. The lowest BCUT2D eigenvalue weighted by atomic mass is 9.89. The predicted octanol–water partition coefficient (Wildman–Crippen LogP) is 5.18. The van der Waals surface area contributed by atoms with Crippen LogP contribution in [0.1, 0.15) is 142 Å². The van der Waals surface area contributed by atoms with Gasteiger partial charge in [0.1, 0.15) is 41.3 Å². The third-order valence-corrected chi connectivity index (χ3v) is 17.9. The van der Waals surface area contributed by atoms with Crippen molar-refractivity contribution < 1.29 is 66.9 Å². The number of anilines is 1. The van der Waals surface area contributed by atoms with Gasteiger partial charge in [-0.05, 0) is 113 Å². The summed E-state index contributed by atoms with van der Waals surface area (Å²) < 4.78 is 22.4. The molecule has 4 rings (SSSR count). The number of alkyl carbamates (subject to hydrolysis) is 2. The molecule has 28 heteroatoms. The van der Waals surface area contributed by atoms with Crippen LogP contribution in [0.5, 0.6) is 0 Å². The predicted molar refractivity (Wildman–Crippen MR) is 356 cm³/mol. The van der Waals surface area contributed by atoms with Gasteiger partial charge in [0.15, 0.2) is 0 Å². The van der Waals surface area contributed by atoms with Crippen LogP contribution in [-0.2, 0) is 65.5 Å². The van der Waals surface area contributed by atoms with Crippen LogP contribution in [0.15, 0.2) is 66.2 Å². The van der Waals surface area contributed by atoms with Crippen LogP contribution in [0.2, 0.25) is 0 Å². The minimum absolute atomic E-state index is 0.0509. The summed E-state index contributed by atoms with van der Waals surface area (Å²) in [5.74, 6) is -5.18. The van der Waals surface area contributed by atoms with Gasteiger partial charge >= 0.3 is 18.2 Å². The van der Waals surface area contributed by atoms with Gasteiger partial charge < -0.3 is 82.7 Å². The Bertz CT molecular complexity index is 2920. The van der Waals surface area contributed by atoms with E-state index in [4.69, 9.17) is 30.4 Å². The first kappa shape index (κ1) is 78.5. The van der Waals surface area contributed by atoms with E-state index in [2.05, 4.69) is 47.5 Å². The van der Waals surface area contributed by atoms with E-state index < -0.39 is 120 Å². The molecular weight excluding hydrogens is 1230 g/mol. The van der Waals surface area contributed by atoms with E-state index >= 15 is 0 Å². The van der Waals surface area contributed by atoms with E-state index in [0.29, 0.717) is 62.9 Å². The highest BCUT2D eigenvalue weighted by Gasteiger charge is 2.44. The SMILES string of the molecule is CC[C@H](C)[C@@H]([C@@H](CC(=O)N1CCC[C@H]1[C@H](OC)[C@@H](C)C(=O)N[C@@H](Cc1ccccc1)c1nccs1)OC)N(C)C(=O)[C@@H](NC(=O)C(C)(C)NC(=O)OCc1ccc(NC(=O)[C@H](CCCNC(N)=O)NC(=O)[C@@H](NC(=O)[C@H](CCCCN)NC(=O)OC)C(C)C)cc1)C(C)C. The van der Waals surface area contributed by atoms with E-state index in [1.807, 2.05) is 56.5 Å². The van der Waals surface area contributed by atoms with Gasteiger partial charge in [-0.15, -0.1) is 11.3 Å². The summed E-state index contributed by atoms with van der Waals surface area (Å²) in [5, 5.41) is 24.5. The number of primary amides is 1. The molecule has 1 aliphatic heterocycles. The third-order valence-electron chi connectivity index (χ3n) is 17.0. The number of carbonyl (C=O) groups excluding carboxylic acids is 10. The second kappa shape index (κ2) is 39.0. The minimum atomic E-state index is -1.60.